The first-order chi connectivity index (χ1) is 6.02. The van der Waals surface area contributed by atoms with E-state index in [1.54, 1.807) is 0 Å². The SMILES string of the molecule is CC1CCC2(CC1)NC(C)(C)CS2. The Morgan fingerprint density at radius 3 is 2.31 bits per heavy atom. The van der Waals surface area contributed by atoms with E-state index in [0.717, 1.165) is 5.92 Å². The minimum absolute atomic E-state index is 0.366. The van der Waals surface area contributed by atoms with E-state index in [9.17, 15) is 0 Å². The van der Waals surface area contributed by atoms with Gasteiger partial charge in [-0.25, -0.2) is 0 Å². The fourth-order valence-corrected chi connectivity index (χ4v) is 4.09. The lowest BCUT2D eigenvalue weighted by Gasteiger charge is -2.37. The van der Waals surface area contributed by atoms with Crippen molar-refractivity contribution < 1.29 is 0 Å². The lowest BCUT2D eigenvalue weighted by molar-refractivity contribution is 0.252. The molecule has 0 radical (unpaired) electrons. The van der Waals surface area contributed by atoms with E-state index in [1.807, 2.05) is 0 Å². The van der Waals surface area contributed by atoms with Gasteiger partial charge in [-0.1, -0.05) is 6.92 Å². The molecule has 0 aromatic heterocycles. The molecule has 1 aliphatic heterocycles. The summed E-state index contributed by atoms with van der Waals surface area (Å²) in [5, 5.41) is 3.83. The van der Waals surface area contributed by atoms with Crippen LogP contribution >= 0.6 is 11.8 Å². The van der Waals surface area contributed by atoms with Crippen LogP contribution in [0.4, 0.5) is 0 Å². The Kier molecular flexibility index (Phi) is 2.40. The molecule has 1 nitrogen and oxygen atoms in total. The summed E-state index contributed by atoms with van der Waals surface area (Å²) in [5.41, 5.74) is 0.366. The van der Waals surface area contributed by atoms with E-state index in [2.05, 4.69) is 37.8 Å². The maximum atomic E-state index is 3.83. The minimum atomic E-state index is 0.366. The maximum Gasteiger partial charge on any atom is 0.0650 e. The highest BCUT2D eigenvalue weighted by molar-refractivity contribution is 8.00. The zero-order valence-electron chi connectivity index (χ0n) is 9.02. The molecule has 0 amide bonds. The summed E-state index contributed by atoms with van der Waals surface area (Å²) in [4.78, 5) is 0.454. The summed E-state index contributed by atoms with van der Waals surface area (Å²) >= 11 is 2.16. The fourth-order valence-electron chi connectivity index (χ4n) is 2.51. The van der Waals surface area contributed by atoms with Crippen LogP contribution in [-0.2, 0) is 0 Å². The van der Waals surface area contributed by atoms with Crippen LogP contribution in [-0.4, -0.2) is 16.2 Å². The van der Waals surface area contributed by atoms with Gasteiger partial charge in [0, 0.05) is 11.3 Å². The Morgan fingerprint density at radius 2 is 1.85 bits per heavy atom. The van der Waals surface area contributed by atoms with Crippen LogP contribution in [0.5, 0.6) is 0 Å². The first-order valence-electron chi connectivity index (χ1n) is 5.45. The van der Waals surface area contributed by atoms with Gasteiger partial charge in [0.2, 0.25) is 0 Å². The lowest BCUT2D eigenvalue weighted by Crippen LogP contribution is -2.48. The highest BCUT2D eigenvalue weighted by Crippen LogP contribution is 2.46. The van der Waals surface area contributed by atoms with Crippen molar-refractivity contribution >= 4 is 11.8 Å². The van der Waals surface area contributed by atoms with Gasteiger partial charge in [-0.15, -0.1) is 11.8 Å². The Morgan fingerprint density at radius 1 is 1.23 bits per heavy atom. The molecule has 0 aromatic carbocycles. The quantitative estimate of drug-likeness (QED) is 0.643. The van der Waals surface area contributed by atoms with Crippen LogP contribution in [0.15, 0.2) is 0 Å². The summed E-state index contributed by atoms with van der Waals surface area (Å²) in [6, 6.07) is 0. The number of thioether (sulfide) groups is 1. The third kappa shape index (κ3) is 2.04. The molecule has 1 spiro atoms. The number of hydrogen-bond donors (Lipinski definition) is 1. The molecular formula is C11H21NS. The number of hydrogen-bond acceptors (Lipinski definition) is 2. The van der Waals surface area contributed by atoms with E-state index in [0.29, 0.717) is 10.4 Å². The van der Waals surface area contributed by atoms with Crippen LogP contribution in [0.3, 0.4) is 0 Å². The first kappa shape index (κ1) is 9.85. The highest BCUT2D eigenvalue weighted by Gasteiger charge is 2.44. The van der Waals surface area contributed by atoms with Crippen LogP contribution in [0.1, 0.15) is 46.5 Å². The van der Waals surface area contributed by atoms with Crippen molar-refractivity contribution in [2.45, 2.75) is 56.9 Å². The fraction of sp³-hybridized carbons (Fsp3) is 1.00. The minimum Gasteiger partial charge on any atom is -0.297 e. The molecule has 1 saturated carbocycles. The van der Waals surface area contributed by atoms with Gasteiger partial charge < -0.3 is 0 Å². The molecule has 13 heavy (non-hydrogen) atoms. The van der Waals surface area contributed by atoms with E-state index in [4.69, 9.17) is 0 Å². The summed E-state index contributed by atoms with van der Waals surface area (Å²) in [5.74, 6) is 2.23. The van der Waals surface area contributed by atoms with Crippen LogP contribution in [0.25, 0.3) is 0 Å². The van der Waals surface area contributed by atoms with E-state index in [1.165, 1.54) is 31.4 Å². The Hall–Kier alpha value is 0.310. The largest absolute Gasteiger partial charge is 0.297 e. The zero-order chi connectivity index (χ0) is 9.53. The van der Waals surface area contributed by atoms with E-state index < -0.39 is 0 Å². The van der Waals surface area contributed by atoms with Gasteiger partial charge in [0.1, 0.15) is 0 Å². The van der Waals surface area contributed by atoms with E-state index in [-0.39, 0.29) is 0 Å². The van der Waals surface area contributed by atoms with Gasteiger partial charge in [-0.2, -0.15) is 0 Å². The molecule has 0 aromatic rings. The van der Waals surface area contributed by atoms with Crippen molar-refractivity contribution in [1.29, 1.82) is 0 Å². The maximum absolute atomic E-state index is 3.83. The van der Waals surface area contributed by atoms with E-state index >= 15 is 0 Å². The molecule has 0 atom stereocenters. The second kappa shape index (κ2) is 3.16. The molecule has 1 heterocycles. The van der Waals surface area contributed by atoms with Gasteiger partial charge in [0.15, 0.2) is 0 Å². The average molecular weight is 199 g/mol. The van der Waals surface area contributed by atoms with Gasteiger partial charge in [-0.05, 0) is 45.4 Å². The third-order valence-electron chi connectivity index (χ3n) is 3.36. The summed E-state index contributed by atoms with van der Waals surface area (Å²) in [6.07, 6.45) is 5.58. The second-order valence-corrected chi connectivity index (χ2v) is 6.83. The second-order valence-electron chi connectivity index (χ2n) is 5.47. The van der Waals surface area contributed by atoms with Crippen LogP contribution in [0.2, 0.25) is 0 Å². The number of rotatable bonds is 0. The smallest absolute Gasteiger partial charge is 0.0650 e. The van der Waals surface area contributed by atoms with Crippen molar-refractivity contribution in [2.24, 2.45) is 5.92 Å². The molecule has 2 heteroatoms. The Balaban J connectivity index is 2.00. The molecule has 76 valence electrons. The van der Waals surface area contributed by atoms with Gasteiger partial charge in [-0.3, -0.25) is 5.32 Å². The molecule has 1 N–H and O–H groups in total. The summed E-state index contributed by atoms with van der Waals surface area (Å²) < 4.78 is 0. The highest BCUT2D eigenvalue weighted by atomic mass is 32.2. The summed E-state index contributed by atoms with van der Waals surface area (Å²) in [6.45, 7) is 7.04. The van der Waals surface area contributed by atoms with Crippen molar-refractivity contribution in [3.63, 3.8) is 0 Å². The summed E-state index contributed by atoms with van der Waals surface area (Å²) in [7, 11) is 0. The normalized spacial score (nSPS) is 44.1. The lowest BCUT2D eigenvalue weighted by atomic mass is 9.86. The molecular weight excluding hydrogens is 178 g/mol. The molecule has 0 unspecified atom stereocenters. The Bertz CT molecular complexity index is 192. The van der Waals surface area contributed by atoms with Crippen molar-refractivity contribution in [3.05, 3.63) is 0 Å². The van der Waals surface area contributed by atoms with Gasteiger partial charge in [0.25, 0.3) is 0 Å². The molecule has 1 aliphatic carbocycles. The van der Waals surface area contributed by atoms with Crippen molar-refractivity contribution in [1.82, 2.24) is 5.32 Å². The third-order valence-corrected chi connectivity index (χ3v) is 5.29. The Labute approximate surface area is 86.0 Å². The van der Waals surface area contributed by atoms with Crippen molar-refractivity contribution in [2.75, 3.05) is 5.75 Å². The monoisotopic (exact) mass is 199 g/mol. The molecule has 0 bridgehead atoms. The predicted molar refractivity (Wildman–Crippen MR) is 60.0 cm³/mol. The number of nitrogens with one attached hydrogen (secondary N) is 1. The van der Waals surface area contributed by atoms with Crippen LogP contribution < -0.4 is 5.32 Å². The first-order valence-corrected chi connectivity index (χ1v) is 6.43. The molecule has 1 saturated heterocycles. The topological polar surface area (TPSA) is 12.0 Å². The predicted octanol–water partition coefficient (Wildman–Crippen LogP) is 3.01. The standard InChI is InChI=1S/C11H21NS/c1-9-4-6-11(7-5-9)12-10(2,3)8-13-11/h9,12H,4-8H2,1-3H3. The molecule has 2 aliphatic rings. The van der Waals surface area contributed by atoms with Gasteiger partial charge in [0.05, 0.1) is 4.87 Å². The molecule has 2 rings (SSSR count). The van der Waals surface area contributed by atoms with Crippen LogP contribution in [0, 0.1) is 5.92 Å². The van der Waals surface area contributed by atoms with Crippen molar-refractivity contribution in [3.8, 4) is 0 Å². The van der Waals surface area contributed by atoms with Gasteiger partial charge >= 0.3 is 0 Å². The molecule has 2 fully saturated rings. The average Bonchev–Trinajstić information content (AvgIpc) is 2.35. The zero-order valence-corrected chi connectivity index (χ0v) is 9.84.